The lowest BCUT2D eigenvalue weighted by molar-refractivity contribution is -0.136. The molecule has 17 heavy (non-hydrogen) atoms. The van der Waals surface area contributed by atoms with Gasteiger partial charge in [-0.1, -0.05) is 11.2 Å². The molecule has 1 aromatic rings. The molecule has 0 amide bonds. The first-order chi connectivity index (χ1) is 8.11. The van der Waals surface area contributed by atoms with Gasteiger partial charge in [0.15, 0.2) is 11.5 Å². The summed E-state index contributed by atoms with van der Waals surface area (Å²) in [6, 6.07) is 4.18. The standard InChI is InChI=1S/C11H8ClNO4/c12-5-8-7(11(16)17-13-8)3-6-1-2-9(14)10(15)4-6/h1-4,14-15H,5H2/b7-3-. The maximum absolute atomic E-state index is 11.3. The summed E-state index contributed by atoms with van der Waals surface area (Å²) in [7, 11) is 0. The second kappa shape index (κ2) is 4.47. The topological polar surface area (TPSA) is 79.1 Å². The summed E-state index contributed by atoms with van der Waals surface area (Å²) in [5.74, 6) is -1.03. The van der Waals surface area contributed by atoms with Gasteiger partial charge in [-0.05, 0) is 23.8 Å². The number of aromatic hydroxyl groups is 2. The van der Waals surface area contributed by atoms with E-state index in [2.05, 4.69) is 9.99 Å². The highest BCUT2D eigenvalue weighted by Crippen LogP contribution is 2.26. The highest BCUT2D eigenvalue weighted by Gasteiger charge is 2.24. The Morgan fingerprint density at radius 3 is 2.76 bits per heavy atom. The molecular weight excluding hydrogens is 246 g/mol. The van der Waals surface area contributed by atoms with Crippen LogP contribution in [-0.2, 0) is 9.63 Å². The number of rotatable bonds is 2. The Morgan fingerprint density at radius 2 is 2.12 bits per heavy atom. The van der Waals surface area contributed by atoms with Crippen molar-refractivity contribution in [2.75, 3.05) is 5.88 Å². The van der Waals surface area contributed by atoms with Gasteiger partial charge in [0.05, 0.1) is 11.5 Å². The Hall–Kier alpha value is -2.01. The first-order valence-electron chi connectivity index (χ1n) is 4.70. The first-order valence-corrected chi connectivity index (χ1v) is 5.23. The van der Waals surface area contributed by atoms with Crippen molar-refractivity contribution in [1.29, 1.82) is 0 Å². The third kappa shape index (κ3) is 2.24. The molecule has 0 radical (unpaired) electrons. The molecular formula is C11H8ClNO4. The average Bonchev–Trinajstić information content (AvgIpc) is 2.65. The lowest BCUT2D eigenvalue weighted by Crippen LogP contribution is -2.06. The van der Waals surface area contributed by atoms with Crippen molar-refractivity contribution in [1.82, 2.24) is 0 Å². The van der Waals surface area contributed by atoms with Crippen molar-refractivity contribution in [2.24, 2.45) is 5.16 Å². The molecule has 2 N–H and O–H groups in total. The Balaban J connectivity index is 2.38. The molecule has 88 valence electrons. The molecule has 1 heterocycles. The summed E-state index contributed by atoms with van der Waals surface area (Å²) in [4.78, 5) is 15.8. The van der Waals surface area contributed by atoms with Gasteiger partial charge in [-0.15, -0.1) is 11.6 Å². The van der Waals surface area contributed by atoms with E-state index in [1.54, 1.807) is 6.07 Å². The van der Waals surface area contributed by atoms with Crippen LogP contribution in [0.15, 0.2) is 28.9 Å². The lowest BCUT2D eigenvalue weighted by atomic mass is 10.1. The fraction of sp³-hybridized carbons (Fsp3) is 0.0909. The summed E-state index contributed by atoms with van der Waals surface area (Å²) in [6.45, 7) is 0. The molecule has 1 aromatic carbocycles. The van der Waals surface area contributed by atoms with Crippen molar-refractivity contribution in [3.8, 4) is 11.5 Å². The van der Waals surface area contributed by atoms with Gasteiger partial charge in [0, 0.05) is 0 Å². The van der Waals surface area contributed by atoms with Gasteiger partial charge in [-0.3, -0.25) is 0 Å². The van der Waals surface area contributed by atoms with E-state index in [-0.39, 0.29) is 23.0 Å². The number of alkyl halides is 1. The number of carbonyl (C=O) groups excluding carboxylic acids is 1. The number of phenolic OH excluding ortho intramolecular Hbond substituents is 2. The predicted molar refractivity (Wildman–Crippen MR) is 62.0 cm³/mol. The molecule has 5 nitrogen and oxygen atoms in total. The number of hydrogen-bond acceptors (Lipinski definition) is 5. The summed E-state index contributed by atoms with van der Waals surface area (Å²) in [5, 5.41) is 22.0. The zero-order valence-corrected chi connectivity index (χ0v) is 9.31. The Kier molecular flexibility index (Phi) is 3.01. The summed E-state index contributed by atoms with van der Waals surface area (Å²) < 4.78 is 0. The minimum atomic E-state index is -0.590. The van der Waals surface area contributed by atoms with Crippen LogP contribution >= 0.6 is 11.6 Å². The van der Waals surface area contributed by atoms with E-state index in [0.717, 1.165) is 0 Å². The lowest BCUT2D eigenvalue weighted by Gasteiger charge is -2.00. The molecule has 0 bridgehead atoms. The number of halogens is 1. The average molecular weight is 254 g/mol. The number of hydrogen-bond donors (Lipinski definition) is 2. The van der Waals surface area contributed by atoms with Crippen LogP contribution in [0.5, 0.6) is 11.5 Å². The fourth-order valence-corrected chi connectivity index (χ4v) is 1.54. The van der Waals surface area contributed by atoms with Gasteiger partial charge >= 0.3 is 5.97 Å². The van der Waals surface area contributed by atoms with Crippen molar-refractivity contribution >= 4 is 29.4 Å². The largest absolute Gasteiger partial charge is 0.504 e. The molecule has 0 fully saturated rings. The molecule has 0 aromatic heterocycles. The van der Waals surface area contributed by atoms with Crippen molar-refractivity contribution in [2.45, 2.75) is 0 Å². The van der Waals surface area contributed by atoms with E-state index >= 15 is 0 Å². The summed E-state index contributed by atoms with van der Waals surface area (Å²) in [5.41, 5.74) is 1.11. The van der Waals surface area contributed by atoms with Gasteiger partial charge < -0.3 is 15.1 Å². The van der Waals surface area contributed by atoms with Crippen LogP contribution in [0.25, 0.3) is 6.08 Å². The second-order valence-electron chi connectivity index (χ2n) is 3.36. The summed E-state index contributed by atoms with van der Waals surface area (Å²) >= 11 is 5.60. The van der Waals surface area contributed by atoms with Crippen LogP contribution in [0, 0.1) is 0 Å². The monoisotopic (exact) mass is 253 g/mol. The molecule has 0 aliphatic carbocycles. The van der Waals surface area contributed by atoms with Gasteiger partial charge in [-0.25, -0.2) is 4.79 Å². The Bertz CT molecular complexity index is 536. The van der Waals surface area contributed by atoms with E-state index in [9.17, 15) is 9.90 Å². The molecule has 0 atom stereocenters. The van der Waals surface area contributed by atoms with Crippen LogP contribution in [0.3, 0.4) is 0 Å². The quantitative estimate of drug-likeness (QED) is 0.363. The van der Waals surface area contributed by atoms with E-state index in [1.807, 2.05) is 0 Å². The van der Waals surface area contributed by atoms with Gasteiger partial charge in [-0.2, -0.15) is 0 Å². The third-order valence-electron chi connectivity index (χ3n) is 2.21. The van der Waals surface area contributed by atoms with E-state index in [0.29, 0.717) is 11.3 Å². The molecule has 2 rings (SSSR count). The van der Waals surface area contributed by atoms with E-state index in [4.69, 9.17) is 16.7 Å². The SMILES string of the molecule is O=C1ON=C(CCl)/C1=C/c1ccc(O)c(O)c1. The third-order valence-corrected chi connectivity index (χ3v) is 2.46. The Labute approximate surface area is 102 Å². The molecule has 1 aliphatic rings. The second-order valence-corrected chi connectivity index (χ2v) is 3.62. The smallest absolute Gasteiger partial charge is 0.367 e. The summed E-state index contributed by atoms with van der Waals surface area (Å²) in [6.07, 6.45) is 1.48. The molecule has 0 unspecified atom stereocenters. The molecule has 0 saturated carbocycles. The zero-order valence-electron chi connectivity index (χ0n) is 8.55. The van der Waals surface area contributed by atoms with Crippen molar-refractivity contribution in [3.05, 3.63) is 29.3 Å². The maximum Gasteiger partial charge on any atom is 0.367 e. The zero-order chi connectivity index (χ0) is 12.4. The van der Waals surface area contributed by atoms with Gasteiger partial charge in [0.25, 0.3) is 0 Å². The number of oxime groups is 1. The number of carbonyl (C=O) groups is 1. The highest BCUT2D eigenvalue weighted by atomic mass is 35.5. The molecule has 0 spiro atoms. The molecule has 6 heteroatoms. The van der Waals surface area contributed by atoms with Crippen molar-refractivity contribution in [3.63, 3.8) is 0 Å². The maximum atomic E-state index is 11.3. The normalized spacial score (nSPS) is 17.1. The number of phenols is 2. The van der Waals surface area contributed by atoms with E-state index < -0.39 is 5.97 Å². The van der Waals surface area contributed by atoms with Gasteiger partial charge in [0.2, 0.25) is 0 Å². The van der Waals surface area contributed by atoms with Crippen LogP contribution in [0.2, 0.25) is 0 Å². The number of benzene rings is 1. The van der Waals surface area contributed by atoms with Crippen molar-refractivity contribution < 1.29 is 19.8 Å². The predicted octanol–water partition coefficient (Wildman–Crippen LogP) is 1.63. The number of nitrogens with zero attached hydrogens (tertiary/aromatic N) is 1. The van der Waals surface area contributed by atoms with Crippen LogP contribution in [0.4, 0.5) is 0 Å². The fourth-order valence-electron chi connectivity index (χ4n) is 1.35. The minimum absolute atomic E-state index is 0.0572. The first kappa shape index (κ1) is 11.5. The highest BCUT2D eigenvalue weighted by molar-refractivity contribution is 6.38. The van der Waals surface area contributed by atoms with Crippen LogP contribution < -0.4 is 0 Å². The van der Waals surface area contributed by atoms with Gasteiger partial charge in [0.1, 0.15) is 5.71 Å². The van der Waals surface area contributed by atoms with Crippen LogP contribution in [-0.4, -0.2) is 27.8 Å². The molecule has 0 saturated heterocycles. The Morgan fingerprint density at radius 1 is 1.35 bits per heavy atom. The molecule has 1 aliphatic heterocycles. The minimum Gasteiger partial charge on any atom is -0.504 e. The van der Waals surface area contributed by atoms with E-state index in [1.165, 1.54) is 18.2 Å². The van der Waals surface area contributed by atoms with Crippen LogP contribution in [0.1, 0.15) is 5.56 Å².